The fourth-order valence-corrected chi connectivity index (χ4v) is 6.02. The average Bonchev–Trinajstić information content (AvgIpc) is 3.30. The lowest BCUT2D eigenvalue weighted by Gasteiger charge is -2.29. The van der Waals surface area contributed by atoms with Crippen molar-refractivity contribution >= 4 is 35.0 Å². The van der Waals surface area contributed by atoms with Gasteiger partial charge in [0, 0.05) is 43.7 Å². The van der Waals surface area contributed by atoms with Crippen molar-refractivity contribution in [3.8, 4) is 0 Å². The highest BCUT2D eigenvalue weighted by atomic mass is 35.5. The number of carbonyl (C=O) groups is 2. The van der Waals surface area contributed by atoms with Crippen LogP contribution in [0.15, 0.2) is 48.5 Å². The Morgan fingerprint density at radius 3 is 2.46 bits per heavy atom. The molecule has 0 spiro atoms. The summed E-state index contributed by atoms with van der Waals surface area (Å²) in [5.41, 5.74) is 1.75. The van der Waals surface area contributed by atoms with E-state index in [1.54, 1.807) is 18.2 Å². The average molecular weight is 574 g/mol. The van der Waals surface area contributed by atoms with Crippen molar-refractivity contribution in [2.45, 2.75) is 69.9 Å². The van der Waals surface area contributed by atoms with Crippen LogP contribution in [0.25, 0.3) is 0 Å². The van der Waals surface area contributed by atoms with Gasteiger partial charge in [-0.25, -0.2) is 0 Å². The normalized spacial score (nSPS) is 21.7. The molecule has 0 radical (unpaired) electrons. The van der Waals surface area contributed by atoms with Crippen LogP contribution in [0.3, 0.4) is 0 Å². The van der Waals surface area contributed by atoms with Crippen molar-refractivity contribution in [3.63, 3.8) is 0 Å². The summed E-state index contributed by atoms with van der Waals surface area (Å²) < 4.78 is 0. The zero-order valence-corrected chi connectivity index (χ0v) is 24.5. The monoisotopic (exact) mass is 572 g/mol. The van der Waals surface area contributed by atoms with Gasteiger partial charge in [-0.3, -0.25) is 9.59 Å². The van der Waals surface area contributed by atoms with Gasteiger partial charge in [-0.2, -0.15) is 0 Å². The van der Waals surface area contributed by atoms with Crippen molar-refractivity contribution in [1.29, 1.82) is 0 Å². The molecule has 2 amide bonds. The molecule has 0 aromatic heterocycles. The number of halogens is 2. The predicted octanol–water partition coefficient (Wildman–Crippen LogP) is 5.74. The molecule has 4 rings (SSSR count). The number of hydrogen-bond acceptors (Lipinski definition) is 4. The van der Waals surface area contributed by atoms with E-state index in [0.29, 0.717) is 41.2 Å². The van der Waals surface area contributed by atoms with Gasteiger partial charge >= 0.3 is 0 Å². The number of hydrogen-bond donors (Lipinski definition) is 2. The largest absolute Gasteiger partial charge is 0.350 e. The zero-order chi connectivity index (χ0) is 27.6. The topological polar surface area (TPSA) is 64.7 Å². The Balaban J connectivity index is 1.43. The maximum atomic E-state index is 13.9. The van der Waals surface area contributed by atoms with Gasteiger partial charge in [0.15, 0.2) is 0 Å². The predicted molar refractivity (Wildman–Crippen MR) is 160 cm³/mol. The van der Waals surface area contributed by atoms with E-state index in [9.17, 15) is 9.59 Å². The highest BCUT2D eigenvalue weighted by Crippen LogP contribution is 2.24. The second-order valence-electron chi connectivity index (χ2n) is 10.9. The van der Waals surface area contributed by atoms with Crippen molar-refractivity contribution in [2.24, 2.45) is 0 Å². The Morgan fingerprint density at radius 1 is 1.03 bits per heavy atom. The Morgan fingerprint density at radius 2 is 1.77 bits per heavy atom. The maximum absolute atomic E-state index is 13.9. The molecule has 0 bridgehead atoms. The summed E-state index contributed by atoms with van der Waals surface area (Å²) in [6, 6.07) is 15.1. The SMILES string of the molecule is CC[C@H](CN1CC[C@@H](CNC(=O)c2ccc(Cl)c(Cl)c2)N[C@@H](CCN2CCCCCC2)C1=O)c1ccccc1. The lowest BCUT2D eigenvalue weighted by molar-refractivity contribution is -0.133. The van der Waals surface area contributed by atoms with E-state index in [1.807, 2.05) is 6.07 Å². The number of likely N-dealkylation sites (tertiary alicyclic amines) is 1. The lowest BCUT2D eigenvalue weighted by atomic mass is 9.95. The Labute approximate surface area is 243 Å². The number of nitrogens with zero attached hydrogens (tertiary/aromatic N) is 2. The van der Waals surface area contributed by atoms with Crippen molar-refractivity contribution in [2.75, 3.05) is 39.3 Å². The number of nitrogens with one attached hydrogen (secondary N) is 2. The van der Waals surface area contributed by atoms with Crippen LogP contribution in [0.2, 0.25) is 10.0 Å². The van der Waals surface area contributed by atoms with Gasteiger partial charge in [-0.05, 0) is 69.0 Å². The highest BCUT2D eigenvalue weighted by Gasteiger charge is 2.32. The minimum atomic E-state index is -0.268. The Kier molecular flexibility index (Phi) is 11.5. The molecule has 2 aliphatic heterocycles. The van der Waals surface area contributed by atoms with Gasteiger partial charge in [0.25, 0.3) is 5.91 Å². The van der Waals surface area contributed by atoms with Crippen molar-refractivity contribution in [1.82, 2.24) is 20.4 Å². The summed E-state index contributed by atoms with van der Waals surface area (Å²) in [5, 5.41) is 7.45. The smallest absolute Gasteiger partial charge is 0.251 e. The molecule has 2 heterocycles. The summed E-state index contributed by atoms with van der Waals surface area (Å²) in [6.07, 6.45) is 7.58. The van der Waals surface area contributed by atoms with Crippen LogP contribution in [0.1, 0.15) is 73.7 Å². The van der Waals surface area contributed by atoms with E-state index < -0.39 is 0 Å². The summed E-state index contributed by atoms with van der Waals surface area (Å²) in [5.74, 6) is 0.281. The molecule has 2 saturated heterocycles. The van der Waals surface area contributed by atoms with Crippen LogP contribution in [0, 0.1) is 0 Å². The fourth-order valence-electron chi connectivity index (χ4n) is 5.72. The van der Waals surface area contributed by atoms with Crippen LogP contribution in [0.4, 0.5) is 0 Å². The third kappa shape index (κ3) is 8.68. The standard InChI is InChI=1S/C31H42Cl2N4O2/c1-2-23(24-10-6-5-7-11-24)22-37-19-14-26(21-34-30(38)25-12-13-27(32)28(33)20-25)35-29(31(37)39)15-18-36-16-8-3-4-9-17-36/h5-7,10-13,20,23,26,29,35H,2-4,8-9,14-19,21-22H2,1H3,(H,34,38)/t23-,26+,29+/m1/s1. The maximum Gasteiger partial charge on any atom is 0.251 e. The van der Waals surface area contributed by atoms with Crippen molar-refractivity contribution < 1.29 is 9.59 Å². The summed E-state index contributed by atoms with van der Waals surface area (Å²) >= 11 is 12.1. The summed E-state index contributed by atoms with van der Waals surface area (Å²) in [4.78, 5) is 31.3. The van der Waals surface area contributed by atoms with Crippen LogP contribution in [-0.4, -0.2) is 73.0 Å². The second-order valence-corrected chi connectivity index (χ2v) is 11.7. The molecular weight excluding hydrogens is 531 g/mol. The first-order valence-electron chi connectivity index (χ1n) is 14.5. The molecule has 2 aliphatic rings. The van der Waals surface area contributed by atoms with Gasteiger partial charge < -0.3 is 20.4 Å². The van der Waals surface area contributed by atoms with Gasteiger partial charge in [-0.15, -0.1) is 0 Å². The van der Waals surface area contributed by atoms with Gasteiger partial charge in [-0.1, -0.05) is 73.3 Å². The Bertz CT molecular complexity index is 1080. The van der Waals surface area contributed by atoms with E-state index >= 15 is 0 Å². The van der Waals surface area contributed by atoms with Gasteiger partial charge in [0.05, 0.1) is 16.1 Å². The van der Waals surface area contributed by atoms with Gasteiger partial charge in [0.1, 0.15) is 0 Å². The second kappa shape index (κ2) is 15.0. The molecule has 0 aliphatic carbocycles. The first-order chi connectivity index (χ1) is 18.9. The molecule has 212 valence electrons. The fraction of sp³-hybridized carbons (Fsp3) is 0.548. The minimum Gasteiger partial charge on any atom is -0.350 e. The van der Waals surface area contributed by atoms with Crippen LogP contribution in [0.5, 0.6) is 0 Å². The molecule has 3 atom stereocenters. The molecule has 0 unspecified atom stereocenters. The molecule has 8 heteroatoms. The molecule has 2 aromatic carbocycles. The van der Waals surface area contributed by atoms with Crippen LogP contribution >= 0.6 is 23.2 Å². The van der Waals surface area contributed by atoms with E-state index in [0.717, 1.165) is 38.9 Å². The quantitative estimate of drug-likeness (QED) is 0.381. The van der Waals surface area contributed by atoms with Crippen LogP contribution in [-0.2, 0) is 4.79 Å². The molecular formula is C31H42Cl2N4O2. The lowest BCUT2D eigenvalue weighted by Crippen LogP contribution is -2.50. The molecule has 0 saturated carbocycles. The summed E-state index contributed by atoms with van der Waals surface area (Å²) in [7, 11) is 0. The molecule has 2 N–H and O–H groups in total. The van der Waals surface area contributed by atoms with E-state index in [4.69, 9.17) is 23.2 Å². The number of amides is 2. The first-order valence-corrected chi connectivity index (χ1v) is 15.3. The molecule has 2 aromatic rings. The van der Waals surface area contributed by atoms with E-state index in [-0.39, 0.29) is 23.9 Å². The minimum absolute atomic E-state index is 0.00314. The first kappa shape index (κ1) is 29.9. The van der Waals surface area contributed by atoms with E-state index in [2.05, 4.69) is 51.6 Å². The van der Waals surface area contributed by atoms with Crippen molar-refractivity contribution in [3.05, 3.63) is 69.7 Å². The van der Waals surface area contributed by atoms with Crippen LogP contribution < -0.4 is 10.6 Å². The molecule has 2 fully saturated rings. The number of rotatable bonds is 10. The number of carbonyl (C=O) groups excluding carboxylic acids is 2. The molecule has 6 nitrogen and oxygen atoms in total. The van der Waals surface area contributed by atoms with E-state index in [1.165, 1.54) is 31.2 Å². The Hall–Kier alpha value is -2.12. The zero-order valence-electron chi connectivity index (χ0n) is 23.0. The highest BCUT2D eigenvalue weighted by molar-refractivity contribution is 6.42. The summed E-state index contributed by atoms with van der Waals surface area (Å²) in [6.45, 7) is 7.15. The third-order valence-electron chi connectivity index (χ3n) is 8.12. The third-order valence-corrected chi connectivity index (χ3v) is 8.86. The van der Waals surface area contributed by atoms with Gasteiger partial charge in [0.2, 0.25) is 5.91 Å². The number of benzene rings is 2. The molecule has 39 heavy (non-hydrogen) atoms.